The molecule has 0 aliphatic carbocycles. The molecule has 0 bridgehead atoms. The second-order valence-corrected chi connectivity index (χ2v) is 6.21. The molecule has 6 nitrogen and oxygen atoms in total. The average Bonchev–Trinajstić information content (AvgIpc) is 2.95. The normalized spacial score (nSPS) is 12.7. The molecule has 0 saturated carbocycles. The molecule has 0 aliphatic heterocycles. The first kappa shape index (κ1) is 17.4. The summed E-state index contributed by atoms with van der Waals surface area (Å²) in [6.07, 6.45) is 0. The number of hydrogen-bond donors (Lipinski definition) is 1. The van der Waals surface area contributed by atoms with Crippen molar-refractivity contribution < 1.29 is 9.21 Å². The Morgan fingerprint density at radius 2 is 2.09 bits per heavy atom. The molecule has 7 heteroatoms. The van der Waals surface area contributed by atoms with Gasteiger partial charge in [-0.15, -0.1) is 10.2 Å². The summed E-state index contributed by atoms with van der Waals surface area (Å²) in [5.41, 5.74) is 0.767. The van der Waals surface area contributed by atoms with Gasteiger partial charge in [-0.3, -0.25) is 9.69 Å². The summed E-state index contributed by atoms with van der Waals surface area (Å²) in [6.45, 7) is 6.03. The Labute approximate surface area is 140 Å². The fraction of sp³-hybridized carbons (Fsp3) is 0.438. The molecule has 1 atom stereocenters. The van der Waals surface area contributed by atoms with Gasteiger partial charge in [-0.05, 0) is 46.0 Å². The van der Waals surface area contributed by atoms with Crippen molar-refractivity contribution in [2.75, 3.05) is 13.6 Å². The van der Waals surface area contributed by atoms with Crippen molar-refractivity contribution >= 4 is 17.5 Å². The minimum Gasteiger partial charge on any atom is -0.419 e. The van der Waals surface area contributed by atoms with Crippen molar-refractivity contribution in [3.8, 4) is 11.5 Å². The highest BCUT2D eigenvalue weighted by atomic mass is 35.5. The van der Waals surface area contributed by atoms with E-state index in [1.807, 2.05) is 44.9 Å². The lowest BCUT2D eigenvalue weighted by molar-refractivity contribution is -0.122. The van der Waals surface area contributed by atoms with Gasteiger partial charge in [0.15, 0.2) is 0 Å². The van der Waals surface area contributed by atoms with Gasteiger partial charge in [-0.2, -0.15) is 0 Å². The molecule has 1 heterocycles. The third kappa shape index (κ3) is 4.77. The van der Waals surface area contributed by atoms with Gasteiger partial charge in [0, 0.05) is 16.6 Å². The lowest BCUT2D eigenvalue weighted by Crippen LogP contribution is -2.39. The van der Waals surface area contributed by atoms with Gasteiger partial charge in [-0.1, -0.05) is 17.7 Å². The first-order valence-electron chi connectivity index (χ1n) is 7.45. The van der Waals surface area contributed by atoms with Gasteiger partial charge in [0.1, 0.15) is 0 Å². The second kappa shape index (κ2) is 7.57. The molecule has 124 valence electrons. The van der Waals surface area contributed by atoms with Crippen LogP contribution >= 0.6 is 11.6 Å². The molecule has 0 fully saturated rings. The number of rotatable bonds is 6. The van der Waals surface area contributed by atoms with Crippen LogP contribution in [0.4, 0.5) is 0 Å². The predicted molar refractivity (Wildman–Crippen MR) is 89.1 cm³/mol. The number of nitrogens with zero attached hydrogens (tertiary/aromatic N) is 3. The fourth-order valence-corrected chi connectivity index (χ4v) is 2.25. The molecule has 0 unspecified atom stereocenters. The van der Waals surface area contributed by atoms with E-state index < -0.39 is 0 Å². The van der Waals surface area contributed by atoms with Gasteiger partial charge < -0.3 is 9.73 Å². The van der Waals surface area contributed by atoms with Gasteiger partial charge in [-0.25, -0.2) is 0 Å². The summed E-state index contributed by atoms with van der Waals surface area (Å²) >= 11 is 5.97. The van der Waals surface area contributed by atoms with E-state index in [0.29, 0.717) is 16.8 Å². The number of hydrogen-bond acceptors (Lipinski definition) is 5. The molecule has 1 aromatic carbocycles. The summed E-state index contributed by atoms with van der Waals surface area (Å²) in [4.78, 5) is 13.7. The number of carbonyl (C=O) groups excluding carboxylic acids is 1. The third-order valence-electron chi connectivity index (χ3n) is 3.37. The first-order chi connectivity index (χ1) is 10.9. The Morgan fingerprint density at radius 3 is 2.74 bits per heavy atom. The van der Waals surface area contributed by atoms with E-state index in [1.54, 1.807) is 12.1 Å². The number of aromatic nitrogens is 2. The highest BCUT2D eigenvalue weighted by molar-refractivity contribution is 6.30. The van der Waals surface area contributed by atoms with E-state index in [9.17, 15) is 4.79 Å². The van der Waals surface area contributed by atoms with Crippen molar-refractivity contribution in [1.82, 2.24) is 20.4 Å². The maximum absolute atomic E-state index is 11.8. The zero-order valence-electron chi connectivity index (χ0n) is 13.7. The maximum atomic E-state index is 11.8. The zero-order chi connectivity index (χ0) is 17.0. The average molecular weight is 337 g/mol. The molecule has 1 N–H and O–H groups in total. The summed E-state index contributed by atoms with van der Waals surface area (Å²) in [6, 6.07) is 7.17. The summed E-state index contributed by atoms with van der Waals surface area (Å²) < 4.78 is 5.72. The molecular formula is C16H21ClN4O2. The standard InChI is InChI=1S/C16H21ClN4O2/c1-10(2)18-14(22)9-21(4)11(3)15-19-20-16(23-15)12-6-5-7-13(17)8-12/h5-8,10-11H,9H2,1-4H3,(H,18,22)/t11-/m1/s1. The fourth-order valence-electron chi connectivity index (χ4n) is 2.06. The van der Waals surface area contributed by atoms with Crippen LogP contribution in [0, 0.1) is 0 Å². The van der Waals surface area contributed by atoms with Crippen molar-refractivity contribution in [3.63, 3.8) is 0 Å². The van der Waals surface area contributed by atoms with E-state index in [2.05, 4.69) is 15.5 Å². The monoisotopic (exact) mass is 336 g/mol. The van der Waals surface area contributed by atoms with Gasteiger partial charge >= 0.3 is 0 Å². The predicted octanol–water partition coefficient (Wildman–Crippen LogP) is 2.91. The van der Waals surface area contributed by atoms with Crippen LogP contribution in [-0.4, -0.2) is 40.6 Å². The Balaban J connectivity index is 2.06. The molecule has 1 aromatic heterocycles. The van der Waals surface area contributed by atoms with E-state index in [4.69, 9.17) is 16.0 Å². The van der Waals surface area contributed by atoms with Crippen molar-refractivity contribution in [2.24, 2.45) is 0 Å². The Morgan fingerprint density at radius 1 is 1.35 bits per heavy atom. The maximum Gasteiger partial charge on any atom is 0.247 e. The molecular weight excluding hydrogens is 316 g/mol. The Kier molecular flexibility index (Phi) is 5.74. The molecule has 23 heavy (non-hydrogen) atoms. The van der Waals surface area contributed by atoms with E-state index in [1.165, 1.54) is 0 Å². The number of carbonyl (C=O) groups is 1. The van der Waals surface area contributed by atoms with E-state index >= 15 is 0 Å². The lowest BCUT2D eigenvalue weighted by Gasteiger charge is -2.21. The van der Waals surface area contributed by atoms with Crippen LogP contribution in [0.5, 0.6) is 0 Å². The van der Waals surface area contributed by atoms with Crippen molar-refractivity contribution in [2.45, 2.75) is 32.9 Å². The molecule has 0 saturated heterocycles. The SMILES string of the molecule is CC(C)NC(=O)CN(C)[C@H](C)c1nnc(-c2cccc(Cl)c2)o1. The molecule has 0 spiro atoms. The molecule has 0 aliphatic rings. The number of halogens is 1. The summed E-state index contributed by atoms with van der Waals surface area (Å²) in [5.74, 6) is 0.832. The summed E-state index contributed by atoms with van der Waals surface area (Å²) in [5, 5.41) is 11.6. The third-order valence-corrected chi connectivity index (χ3v) is 3.61. The zero-order valence-corrected chi connectivity index (χ0v) is 14.5. The van der Waals surface area contributed by atoms with Crippen LogP contribution in [0.15, 0.2) is 28.7 Å². The largest absolute Gasteiger partial charge is 0.419 e. The number of benzene rings is 1. The minimum atomic E-state index is -0.173. The Hall–Kier alpha value is -1.92. The minimum absolute atomic E-state index is 0.0380. The first-order valence-corrected chi connectivity index (χ1v) is 7.83. The van der Waals surface area contributed by atoms with Crippen LogP contribution in [0.2, 0.25) is 5.02 Å². The van der Waals surface area contributed by atoms with Gasteiger partial charge in [0.2, 0.25) is 17.7 Å². The number of likely N-dealkylation sites (N-methyl/N-ethyl adjacent to an activating group) is 1. The Bertz CT molecular complexity index is 672. The van der Waals surface area contributed by atoms with Crippen LogP contribution in [0.25, 0.3) is 11.5 Å². The molecule has 2 rings (SSSR count). The molecule has 1 amide bonds. The van der Waals surface area contributed by atoms with Gasteiger partial charge in [0.25, 0.3) is 0 Å². The van der Waals surface area contributed by atoms with E-state index in [-0.39, 0.29) is 24.5 Å². The highest BCUT2D eigenvalue weighted by Gasteiger charge is 2.21. The van der Waals surface area contributed by atoms with Crippen LogP contribution in [0.3, 0.4) is 0 Å². The van der Waals surface area contributed by atoms with E-state index in [0.717, 1.165) is 5.56 Å². The second-order valence-electron chi connectivity index (χ2n) is 5.77. The van der Waals surface area contributed by atoms with Gasteiger partial charge in [0.05, 0.1) is 12.6 Å². The number of nitrogens with one attached hydrogen (secondary N) is 1. The van der Waals surface area contributed by atoms with Crippen LogP contribution < -0.4 is 5.32 Å². The topological polar surface area (TPSA) is 71.3 Å². The van der Waals surface area contributed by atoms with Crippen LogP contribution in [0.1, 0.15) is 32.7 Å². The van der Waals surface area contributed by atoms with Crippen LogP contribution in [-0.2, 0) is 4.79 Å². The van der Waals surface area contributed by atoms with Crippen molar-refractivity contribution in [1.29, 1.82) is 0 Å². The smallest absolute Gasteiger partial charge is 0.247 e. The van der Waals surface area contributed by atoms with Crippen molar-refractivity contribution in [3.05, 3.63) is 35.2 Å². The highest BCUT2D eigenvalue weighted by Crippen LogP contribution is 2.24. The number of amides is 1. The lowest BCUT2D eigenvalue weighted by atomic mass is 10.2. The summed E-state index contributed by atoms with van der Waals surface area (Å²) in [7, 11) is 1.84. The molecule has 0 radical (unpaired) electrons. The molecule has 2 aromatic rings. The quantitative estimate of drug-likeness (QED) is 0.878.